The summed E-state index contributed by atoms with van der Waals surface area (Å²) in [7, 11) is 0. The van der Waals surface area contributed by atoms with Crippen molar-refractivity contribution in [2.45, 2.75) is 177 Å². The van der Waals surface area contributed by atoms with Crippen molar-refractivity contribution in [2.75, 3.05) is 33.0 Å². The van der Waals surface area contributed by atoms with Crippen molar-refractivity contribution in [1.82, 2.24) is 0 Å². The largest absolute Gasteiger partial charge is 0.390 e. The summed E-state index contributed by atoms with van der Waals surface area (Å²) in [6.07, 6.45) is -16.1. The van der Waals surface area contributed by atoms with Gasteiger partial charge in [0.05, 0.1) is 69.2 Å². The Morgan fingerprint density at radius 3 is 0.934 bits per heavy atom. The molecule has 20 nitrogen and oxygen atoms in total. The molecule has 27 heteroatoms. The monoisotopic (exact) mass is 2390 g/mol. The van der Waals surface area contributed by atoms with Crippen LogP contribution in [0.5, 0.6) is 0 Å². The quantitative estimate of drug-likeness (QED) is 0.116. The van der Waals surface area contributed by atoms with Crippen molar-refractivity contribution in [3.05, 3.63) is 0 Å². The number of hydrogen-bond donors (Lipinski definition) is 14. The van der Waals surface area contributed by atoms with Crippen molar-refractivity contribution in [1.29, 1.82) is 0 Å². The molecule has 0 saturated carbocycles. The summed E-state index contributed by atoms with van der Waals surface area (Å²) in [5.74, 6) is 0.0474. The fourth-order valence-electron chi connectivity index (χ4n) is 5.31. The van der Waals surface area contributed by atoms with Crippen LogP contribution >= 0.6 is 0 Å². The van der Waals surface area contributed by atoms with E-state index in [0.29, 0.717) is 13.2 Å². The maximum atomic E-state index is 9.72. The van der Waals surface area contributed by atoms with Gasteiger partial charge in [-0.25, -0.2) is 0 Å². The molecule has 5 heterocycles. The predicted octanol–water partition coefficient (Wildman–Crippen LogP) is -5.53. The third kappa shape index (κ3) is 31.8. The van der Waals surface area contributed by atoms with Crippen molar-refractivity contribution >= 4 is 0 Å². The van der Waals surface area contributed by atoms with Gasteiger partial charge in [-0.2, -0.15) is 0 Å². The van der Waals surface area contributed by atoms with E-state index in [2.05, 4.69) is 4.74 Å². The van der Waals surface area contributed by atoms with Gasteiger partial charge in [0.1, 0.15) is 79.4 Å². The van der Waals surface area contributed by atoms with E-state index in [1.165, 1.54) is 0 Å². The van der Waals surface area contributed by atoms with Crippen LogP contribution in [0.15, 0.2) is 0 Å². The maximum absolute atomic E-state index is 9.72. The average Bonchev–Trinajstić information content (AvgIpc) is 3.12. The average molecular weight is 2390 g/mol. The number of hydrogen-bond acceptors (Lipinski definition) is 20. The molecule has 5 fully saturated rings. The number of aliphatic hydroxyl groups excluding tert-OH is 14. The predicted molar refractivity (Wildman–Crippen MR) is 185 cm³/mol. The summed E-state index contributed by atoms with van der Waals surface area (Å²) < 4.78 is 30.3. The molecule has 20 atom stereocenters. The molecule has 0 aromatic rings. The molecule has 0 aromatic heterocycles. The summed E-state index contributed by atoms with van der Waals surface area (Å²) in [5, 5.41) is 127. The summed E-state index contributed by atoms with van der Waals surface area (Å²) in [5.41, 5.74) is -0.338. The minimum atomic E-state index is -1.41. The molecule has 61 heavy (non-hydrogen) atoms. The molecule has 0 aromatic carbocycles. The first-order chi connectivity index (χ1) is 24.8. The first-order valence-electron chi connectivity index (χ1n) is 18.1. The SMILES string of the molecule is C[C@@H]1OC[C@H](C)[C@H](O)[C@H]1O.C[C@@H]1OC[C@H](O)[C@H](O)[C@H]1O.C[C@@H]1OC[C@H](O)[C@H](O)[C@H]1O.C[C@@H]1OC[C@H](OC(C)(C)C)[C@H](O)[C@H]1O.OC1OC[C@H](O)[C@H](O)[C@H]1O.[Ac].[Ac].[Ac].[Ac].[Ac].[Ac].[Ac]. The number of aliphatic hydroxyl groups is 14. The second-order valence-electron chi connectivity index (χ2n) is 15.2. The topological polar surface area (TPSA) is 339 Å². The van der Waals surface area contributed by atoms with Gasteiger partial charge in [-0.3, -0.25) is 0 Å². The molecule has 0 bridgehead atoms. The van der Waals surface area contributed by atoms with Gasteiger partial charge in [0.2, 0.25) is 0 Å². The zero-order valence-corrected chi connectivity index (χ0v) is 69.6. The first kappa shape index (κ1) is 84.2. The van der Waals surface area contributed by atoms with Crippen molar-refractivity contribution in [3.8, 4) is 0 Å². The zero-order chi connectivity index (χ0) is 41.8. The molecule has 1 unspecified atom stereocenters. The van der Waals surface area contributed by atoms with E-state index in [4.69, 9.17) is 74.7 Å². The van der Waals surface area contributed by atoms with Gasteiger partial charge in [0.15, 0.2) is 6.29 Å². The molecule has 5 aliphatic rings. The number of ether oxygens (including phenoxy) is 6. The van der Waals surface area contributed by atoms with E-state index in [1.54, 1.807) is 27.7 Å². The van der Waals surface area contributed by atoms with Crippen LogP contribution in [0.3, 0.4) is 0 Å². The maximum Gasteiger partial charge on any atom is 0.183 e. The Hall–Kier alpha value is 9.29. The fraction of sp³-hybridized carbons (Fsp3) is 1.00. The molecular weight excluding hydrogens is 2320 g/mol. The Morgan fingerprint density at radius 2 is 0.623 bits per heavy atom. The minimum absolute atomic E-state index is 0. The molecule has 5 rings (SSSR count). The van der Waals surface area contributed by atoms with Crippen LogP contribution in [0.25, 0.3) is 0 Å². The zero-order valence-electron chi connectivity index (χ0n) is 36.3. The second kappa shape index (κ2) is 43.4. The van der Waals surface area contributed by atoms with Gasteiger partial charge >= 0.3 is 0 Å². The Labute approximate surface area is 610 Å². The molecule has 345 valence electrons. The van der Waals surface area contributed by atoms with E-state index < -0.39 is 104 Å². The third-order valence-electron chi connectivity index (χ3n) is 9.26. The van der Waals surface area contributed by atoms with Crippen LogP contribution < -0.4 is 0 Å². The Kier molecular flexibility index (Phi) is 59.9. The van der Waals surface area contributed by atoms with Gasteiger partial charge in [-0.1, -0.05) is 6.92 Å². The minimum Gasteiger partial charge on any atom is -0.390 e. The Morgan fingerprint density at radius 1 is 0.344 bits per heavy atom. The van der Waals surface area contributed by atoms with Crippen molar-refractivity contribution < 1.29 is 408 Å². The third-order valence-corrected chi connectivity index (χ3v) is 9.26. The van der Waals surface area contributed by atoms with Crippen LogP contribution in [0.4, 0.5) is 0 Å². The van der Waals surface area contributed by atoms with Crippen LogP contribution in [0, 0.1) is 314 Å². The molecule has 0 spiro atoms. The van der Waals surface area contributed by atoms with E-state index >= 15 is 0 Å². The van der Waals surface area contributed by atoms with Crippen LogP contribution in [0.2, 0.25) is 0 Å². The van der Waals surface area contributed by atoms with Crippen LogP contribution in [-0.2, 0) is 28.4 Å². The summed E-state index contributed by atoms with van der Waals surface area (Å²) in [6.45, 7) is 15.3. The molecular formula is C34H68Ac7O20. The molecule has 7 radical (unpaired) electrons. The van der Waals surface area contributed by atoms with Crippen LogP contribution in [-0.4, -0.2) is 226 Å². The molecule has 0 aliphatic carbocycles. The van der Waals surface area contributed by atoms with Crippen LogP contribution in [0.1, 0.15) is 55.4 Å². The summed E-state index contributed by atoms with van der Waals surface area (Å²) in [4.78, 5) is 0. The van der Waals surface area contributed by atoms with Gasteiger partial charge < -0.3 is 99.9 Å². The van der Waals surface area contributed by atoms with Gasteiger partial charge in [0, 0.05) is 314 Å². The van der Waals surface area contributed by atoms with Gasteiger partial charge in [-0.05, 0) is 48.5 Å². The smallest absolute Gasteiger partial charge is 0.183 e. The van der Waals surface area contributed by atoms with E-state index in [1.807, 2.05) is 27.7 Å². The summed E-state index contributed by atoms with van der Waals surface area (Å²) in [6, 6.07) is 0. The van der Waals surface area contributed by atoms with E-state index in [9.17, 15) is 20.4 Å². The summed E-state index contributed by atoms with van der Waals surface area (Å²) >= 11 is 0. The number of rotatable bonds is 1. The molecule has 0 amide bonds. The van der Waals surface area contributed by atoms with E-state index in [-0.39, 0.29) is 352 Å². The molecule has 5 saturated heterocycles. The normalized spacial score (nSPS) is 41.4. The molecule has 5 aliphatic heterocycles. The van der Waals surface area contributed by atoms with Crippen molar-refractivity contribution in [2.24, 2.45) is 5.92 Å². The van der Waals surface area contributed by atoms with E-state index in [0.717, 1.165) is 0 Å². The second-order valence-corrected chi connectivity index (χ2v) is 15.2. The standard InChI is InChI=1S/C10H20O4.C7H14O3.2C6H12O4.C5H10O5.7Ac/c1-6-8(11)9(12)7(5-13-6)14-10(2,3)4;1-4-3-10-5(2)7(9)6(4)8;2*1-3-5(8)6(9)4(7)2-10-3;6-2-1-10-5(9)4(8)3(2)7;;;;;;;/h6-9,11-12H,5H2,1-4H3;4-9H,3H2,1-2H3;2*3-9H,2H2,1H3;2-9H,1H2;;;;;;;/t6-,7-,8-,9-;4-,5-,6-,7-;2*3-,4-,5-,6-;2-,3-,4+,5?;;;;;;;/m00000......./s1. The Bertz CT molecular complexity index is 870. The molecule has 14 N–H and O–H groups in total. The Balaban J connectivity index is -0.000000117. The van der Waals surface area contributed by atoms with Gasteiger partial charge in [-0.15, -0.1) is 0 Å². The fourth-order valence-corrected chi connectivity index (χ4v) is 5.31. The van der Waals surface area contributed by atoms with Gasteiger partial charge in [0.25, 0.3) is 0 Å². The first-order valence-corrected chi connectivity index (χ1v) is 18.1. The van der Waals surface area contributed by atoms with Crippen molar-refractivity contribution in [3.63, 3.8) is 0 Å².